The Kier molecular flexibility index (Phi) is 18.6. The van der Waals surface area contributed by atoms with Crippen LogP contribution in [0.15, 0.2) is 60.2 Å². The number of carbonyl (C=O) groups excluding carboxylic acids is 6. The summed E-state index contributed by atoms with van der Waals surface area (Å²) in [5.74, 6) is 0.738. The molecule has 3 fully saturated rings. The largest absolute Gasteiger partial charge is 0.514 e. The molecule has 0 spiro atoms. The number of allylic oxidation sites excluding steroid dienone is 1. The highest BCUT2D eigenvalue weighted by atomic mass is 16.7. The Morgan fingerprint density at radius 3 is 2.30 bits per heavy atom. The molecule has 6 rings (SSSR count). The molecule has 0 radical (unpaired) electrons. The summed E-state index contributed by atoms with van der Waals surface area (Å²) in [5, 5.41) is 18.5. The summed E-state index contributed by atoms with van der Waals surface area (Å²) < 4.78 is 16.4. The molecule has 1 unspecified atom stereocenters. The van der Waals surface area contributed by atoms with Gasteiger partial charge in [-0.1, -0.05) is 77.7 Å². The molecule has 0 heterocycles. The van der Waals surface area contributed by atoms with Crippen molar-refractivity contribution in [3.8, 4) is 5.75 Å². The first-order chi connectivity index (χ1) is 33.7. The van der Waals surface area contributed by atoms with E-state index in [4.69, 9.17) is 25.7 Å². The molecule has 71 heavy (non-hydrogen) atoms. The van der Waals surface area contributed by atoms with Crippen LogP contribution in [0.1, 0.15) is 136 Å². The van der Waals surface area contributed by atoms with E-state index in [1.165, 1.54) is 87.8 Å². The molecule has 0 aliphatic heterocycles. The molecule has 0 aromatic heterocycles. The Morgan fingerprint density at radius 2 is 1.61 bits per heavy atom. The van der Waals surface area contributed by atoms with Crippen LogP contribution in [-0.4, -0.2) is 71.8 Å². The maximum Gasteiger partial charge on any atom is 0.514 e. The van der Waals surface area contributed by atoms with Crippen LogP contribution in [-0.2, 0) is 40.1 Å². The molecule has 17 nitrogen and oxygen atoms in total. The predicted molar refractivity (Wildman–Crippen MR) is 267 cm³/mol. The lowest BCUT2D eigenvalue weighted by Crippen LogP contribution is -2.62. The topological polar surface area (TPSA) is 261 Å². The highest BCUT2D eigenvalue weighted by Crippen LogP contribution is 2.67. The first-order valence-corrected chi connectivity index (χ1v) is 25.7. The zero-order chi connectivity index (χ0) is 51.5. The van der Waals surface area contributed by atoms with Crippen LogP contribution in [0.2, 0.25) is 0 Å². The first kappa shape index (κ1) is 54.6. The lowest BCUT2D eigenvalue weighted by atomic mass is 9.47. The van der Waals surface area contributed by atoms with Crippen molar-refractivity contribution >= 4 is 46.9 Å². The number of nitrogens with zero attached hydrogens (tertiary/aromatic N) is 1. The van der Waals surface area contributed by atoms with Crippen LogP contribution in [0, 0.1) is 56.5 Å². The van der Waals surface area contributed by atoms with Crippen molar-refractivity contribution in [1.29, 1.82) is 0 Å². The first-order valence-electron chi connectivity index (χ1n) is 25.7. The number of Topliss-reactive ketones (excluding diaryl/α,β-unsaturated/α-hetero) is 1. The molecule has 4 aliphatic rings. The summed E-state index contributed by atoms with van der Waals surface area (Å²) in [6.07, 6.45) is 14.6. The van der Waals surface area contributed by atoms with E-state index in [0.717, 1.165) is 54.8 Å². The summed E-state index contributed by atoms with van der Waals surface area (Å²) >= 11 is 0. The molecule has 4 amide bonds. The van der Waals surface area contributed by atoms with Gasteiger partial charge in [-0.15, -0.1) is 0 Å². The van der Waals surface area contributed by atoms with E-state index in [2.05, 4.69) is 56.6 Å². The molecule has 3 saturated carbocycles. The number of anilines is 1. The number of hydrogen-bond acceptors (Lipinski definition) is 12. The molecule has 9 atom stereocenters. The minimum atomic E-state index is -2.41. The number of ether oxygens (including phenoxy) is 3. The number of hydrogen-bond donors (Lipinski definition) is 5. The Hall–Kier alpha value is -5.68. The summed E-state index contributed by atoms with van der Waals surface area (Å²) in [6, 6.07) is 11.0. The van der Waals surface area contributed by atoms with Gasteiger partial charge in [0.25, 0.3) is 5.69 Å². The molecule has 0 bridgehead atoms. The number of amides is 4. The quantitative estimate of drug-likeness (QED) is 0.0127. The van der Waals surface area contributed by atoms with Crippen LogP contribution in [0.5, 0.6) is 5.75 Å². The Bertz CT molecular complexity index is 2270. The van der Waals surface area contributed by atoms with E-state index in [9.17, 15) is 38.9 Å². The van der Waals surface area contributed by atoms with Crippen molar-refractivity contribution in [2.24, 2.45) is 57.8 Å². The van der Waals surface area contributed by atoms with Crippen molar-refractivity contribution in [3.05, 3.63) is 75.9 Å². The maximum atomic E-state index is 13.3. The molecule has 2 aromatic carbocycles. The number of primary amides is 1. The van der Waals surface area contributed by atoms with Crippen molar-refractivity contribution in [2.45, 2.75) is 149 Å². The van der Waals surface area contributed by atoms with Gasteiger partial charge in [0, 0.05) is 43.8 Å². The van der Waals surface area contributed by atoms with Crippen molar-refractivity contribution in [1.82, 2.24) is 10.6 Å². The lowest BCUT2D eigenvalue weighted by molar-refractivity contribution is -0.384. The highest BCUT2D eigenvalue weighted by molar-refractivity contribution is 6.14. The normalized spacial score (nSPS) is 25.7. The third-order valence-corrected chi connectivity index (χ3v) is 16.4. The fourth-order valence-electron chi connectivity index (χ4n) is 12.6. The van der Waals surface area contributed by atoms with Crippen LogP contribution in [0.4, 0.5) is 16.2 Å². The molecule has 17 heteroatoms. The zero-order valence-electron chi connectivity index (χ0n) is 42.3. The number of nitro benzene ring substituents is 1. The van der Waals surface area contributed by atoms with Gasteiger partial charge in [0.1, 0.15) is 12.4 Å². The second-order valence-electron chi connectivity index (χ2n) is 21.6. The van der Waals surface area contributed by atoms with Gasteiger partial charge in [0.15, 0.2) is 11.3 Å². The number of fused-ring (bicyclic) bond motifs is 5. The molecular formula is C54H76N6O11. The number of non-ortho nitro benzene ring substituents is 1. The van der Waals surface area contributed by atoms with Crippen molar-refractivity contribution in [2.75, 3.05) is 25.0 Å². The summed E-state index contributed by atoms with van der Waals surface area (Å²) in [4.78, 5) is 86.1. The van der Waals surface area contributed by atoms with Gasteiger partial charge < -0.3 is 41.6 Å². The minimum absolute atomic E-state index is 0.0582. The van der Waals surface area contributed by atoms with Gasteiger partial charge in [-0.25, -0.2) is 4.79 Å². The molecule has 7 N–H and O–H groups in total. The van der Waals surface area contributed by atoms with Crippen molar-refractivity contribution in [3.63, 3.8) is 0 Å². The van der Waals surface area contributed by atoms with E-state index in [-0.39, 0.29) is 36.0 Å². The predicted octanol–water partition coefficient (Wildman–Crippen LogP) is 8.22. The van der Waals surface area contributed by atoms with Crippen LogP contribution in [0.3, 0.4) is 0 Å². The standard InChI is InChI=1S/C54H76N6O11/c1-34(2)8-6-9-35(3)43-20-21-44-42-19-12-37-30-41(24-26-52(37,4)45(42)25-27-53(43,44)5)69-29-7-28-57-48(63)23-22-46(61)54(56,31-47(55)62)50(65)58-32-49(64)59-38-13-10-36(11-14-38)33-70-51(66)71-40-17-15-39(16-18-40)60(67)68/h10-18,34-35,41-45H,6-9,19-33,56H2,1-5H3,(H2,55,62)(H,57,63)(H,58,65)(H,59,64)/t35-,41?,42+,43-,44+,45+,52+,53-,54-/m1/s1. The summed E-state index contributed by atoms with van der Waals surface area (Å²) in [6.45, 7) is 12.4. The van der Waals surface area contributed by atoms with Gasteiger partial charge in [0.2, 0.25) is 23.6 Å². The molecule has 2 aromatic rings. The van der Waals surface area contributed by atoms with Crippen LogP contribution in [0.25, 0.3) is 0 Å². The zero-order valence-corrected chi connectivity index (χ0v) is 42.3. The number of ketones is 1. The second kappa shape index (κ2) is 24.2. The molecule has 388 valence electrons. The summed E-state index contributed by atoms with van der Waals surface area (Å²) in [5.41, 5.74) is 12.1. The molecule has 0 saturated heterocycles. The van der Waals surface area contributed by atoms with E-state index in [0.29, 0.717) is 36.2 Å². The average Bonchev–Trinajstić information content (AvgIpc) is 3.69. The maximum absolute atomic E-state index is 13.3. The number of carbonyl (C=O) groups is 6. The number of rotatable bonds is 24. The Labute approximate surface area is 417 Å². The van der Waals surface area contributed by atoms with Gasteiger partial charge >= 0.3 is 6.16 Å². The van der Waals surface area contributed by atoms with Gasteiger partial charge in [-0.05, 0) is 134 Å². The highest BCUT2D eigenvalue weighted by Gasteiger charge is 2.59. The number of nitrogens with two attached hydrogens (primary N) is 2. The number of benzene rings is 2. The fraction of sp³-hybridized carbons (Fsp3) is 0.630. The lowest BCUT2D eigenvalue weighted by Gasteiger charge is -2.58. The average molecular weight is 985 g/mol. The summed E-state index contributed by atoms with van der Waals surface area (Å²) in [7, 11) is 0. The van der Waals surface area contributed by atoms with Gasteiger partial charge in [-0.2, -0.15) is 0 Å². The van der Waals surface area contributed by atoms with E-state index < -0.39 is 65.4 Å². The van der Waals surface area contributed by atoms with Crippen molar-refractivity contribution < 1.29 is 47.9 Å². The van der Waals surface area contributed by atoms with E-state index in [1.807, 2.05) is 0 Å². The Balaban J connectivity index is 0.869. The van der Waals surface area contributed by atoms with Gasteiger partial charge in [-0.3, -0.25) is 34.1 Å². The van der Waals surface area contributed by atoms with Crippen LogP contribution >= 0.6 is 0 Å². The van der Waals surface area contributed by atoms with E-state index in [1.54, 1.807) is 17.7 Å². The second-order valence-corrected chi connectivity index (χ2v) is 21.6. The molecular weight excluding hydrogens is 909 g/mol. The van der Waals surface area contributed by atoms with E-state index >= 15 is 0 Å². The smallest absolute Gasteiger partial charge is 0.429 e. The van der Waals surface area contributed by atoms with Gasteiger partial charge in [0.05, 0.1) is 24.0 Å². The third kappa shape index (κ3) is 13.8. The SMILES string of the molecule is CC(C)CCC[C@@H](C)[C@H]1CC[C@H]2[C@@H]3CC=C4CC(OCCCNC(=O)CCC(=O)[C@](N)(CC(N)=O)C(=O)NCC(=O)Nc5ccc(COC(=O)Oc6ccc([N+](=O)[O-])cc6)cc5)CC[C@]4(C)[C@H]3CC[C@]12C. The Morgan fingerprint density at radius 1 is 0.873 bits per heavy atom. The number of nitrogens with one attached hydrogen (secondary N) is 3. The third-order valence-electron chi connectivity index (χ3n) is 16.4. The fourth-order valence-corrected chi connectivity index (χ4v) is 12.6. The monoisotopic (exact) mass is 985 g/mol. The minimum Gasteiger partial charge on any atom is -0.429 e. The molecule has 4 aliphatic carbocycles. The van der Waals surface area contributed by atoms with Crippen LogP contribution < -0.4 is 32.2 Å². The number of nitro groups is 1.